The minimum atomic E-state index is -0.366. The van der Waals surface area contributed by atoms with E-state index in [0.29, 0.717) is 16.4 Å². The average molecular weight is 326 g/mol. The number of nitrogens with one attached hydrogen (secondary N) is 1. The van der Waals surface area contributed by atoms with Crippen LogP contribution in [0.4, 0.5) is 5.69 Å². The predicted molar refractivity (Wildman–Crippen MR) is 88.5 cm³/mol. The molecule has 0 saturated carbocycles. The van der Waals surface area contributed by atoms with Crippen LogP contribution in [-0.4, -0.2) is 21.0 Å². The van der Waals surface area contributed by atoms with Crippen molar-refractivity contribution in [3.8, 4) is 17.0 Å². The Kier molecular flexibility index (Phi) is 4.21. The molecule has 1 amide bonds. The van der Waals surface area contributed by atoms with E-state index in [0.717, 1.165) is 5.56 Å². The van der Waals surface area contributed by atoms with E-state index in [9.17, 15) is 9.90 Å². The van der Waals surface area contributed by atoms with Crippen LogP contribution in [0, 0.1) is 0 Å². The highest BCUT2D eigenvalue weighted by molar-refractivity contribution is 6.33. The number of phenolic OH excluding ortho intramolecular Hbond substituents is 1. The number of benzene rings is 1. The molecule has 0 radical (unpaired) electrons. The molecule has 2 N–H and O–H groups in total. The van der Waals surface area contributed by atoms with E-state index in [1.54, 1.807) is 48.8 Å². The Morgan fingerprint density at radius 3 is 2.65 bits per heavy atom. The van der Waals surface area contributed by atoms with Crippen molar-refractivity contribution in [2.45, 2.75) is 0 Å². The lowest BCUT2D eigenvalue weighted by molar-refractivity contribution is 0.102. The number of anilines is 1. The second-order valence-corrected chi connectivity index (χ2v) is 5.18. The lowest BCUT2D eigenvalue weighted by atomic mass is 10.1. The van der Waals surface area contributed by atoms with E-state index in [1.165, 1.54) is 12.1 Å². The number of halogens is 1. The van der Waals surface area contributed by atoms with E-state index in [1.807, 2.05) is 0 Å². The number of carbonyl (C=O) groups is 1. The Bertz CT molecular complexity index is 850. The topological polar surface area (TPSA) is 75.1 Å². The number of aromatic hydroxyl groups is 1. The van der Waals surface area contributed by atoms with Gasteiger partial charge in [0.05, 0.1) is 10.7 Å². The van der Waals surface area contributed by atoms with Crippen LogP contribution in [0.15, 0.2) is 60.9 Å². The Balaban J connectivity index is 1.79. The number of amides is 1. The molecule has 0 unspecified atom stereocenters. The van der Waals surface area contributed by atoms with E-state index in [-0.39, 0.29) is 17.4 Å². The van der Waals surface area contributed by atoms with E-state index in [4.69, 9.17) is 11.6 Å². The molecule has 0 spiro atoms. The van der Waals surface area contributed by atoms with Crippen LogP contribution in [0.1, 0.15) is 10.5 Å². The molecule has 3 aromatic rings. The summed E-state index contributed by atoms with van der Waals surface area (Å²) in [4.78, 5) is 20.5. The SMILES string of the molecule is O=C(Nc1cccc(O)c1)c1ccc(-c2ncccc2Cl)cn1. The van der Waals surface area contributed by atoms with Gasteiger partial charge in [-0.25, -0.2) is 0 Å². The Hall–Kier alpha value is -2.92. The molecule has 5 nitrogen and oxygen atoms in total. The standard InChI is InChI=1S/C17H12ClN3O2/c18-14-5-2-8-19-16(14)11-6-7-15(20-10-11)17(23)21-12-3-1-4-13(22)9-12/h1-10,22H,(H,21,23). The molecule has 3 rings (SSSR count). The summed E-state index contributed by atoms with van der Waals surface area (Å²) in [5, 5.41) is 12.6. The number of pyridine rings is 2. The van der Waals surface area contributed by atoms with Crippen molar-refractivity contribution < 1.29 is 9.90 Å². The largest absolute Gasteiger partial charge is 0.508 e. The van der Waals surface area contributed by atoms with Gasteiger partial charge in [0.25, 0.3) is 5.91 Å². The fourth-order valence-electron chi connectivity index (χ4n) is 2.05. The first-order valence-electron chi connectivity index (χ1n) is 6.81. The van der Waals surface area contributed by atoms with Gasteiger partial charge in [-0.15, -0.1) is 0 Å². The van der Waals surface area contributed by atoms with Crippen LogP contribution in [0.2, 0.25) is 5.02 Å². The average Bonchev–Trinajstić information content (AvgIpc) is 2.55. The van der Waals surface area contributed by atoms with Crippen LogP contribution in [-0.2, 0) is 0 Å². The van der Waals surface area contributed by atoms with Gasteiger partial charge in [0, 0.05) is 29.7 Å². The highest BCUT2D eigenvalue weighted by Gasteiger charge is 2.10. The van der Waals surface area contributed by atoms with Crippen LogP contribution in [0.25, 0.3) is 11.3 Å². The normalized spacial score (nSPS) is 10.3. The summed E-state index contributed by atoms with van der Waals surface area (Å²) in [6, 6.07) is 13.1. The number of nitrogens with zero attached hydrogens (tertiary/aromatic N) is 2. The lowest BCUT2D eigenvalue weighted by Gasteiger charge is -2.06. The summed E-state index contributed by atoms with van der Waals surface area (Å²) in [6.07, 6.45) is 3.19. The third-order valence-corrected chi connectivity index (χ3v) is 3.44. The predicted octanol–water partition coefficient (Wildman–Crippen LogP) is 3.75. The van der Waals surface area contributed by atoms with E-state index in [2.05, 4.69) is 15.3 Å². The molecule has 0 aliphatic carbocycles. The van der Waals surface area contributed by atoms with Gasteiger partial charge in [0.1, 0.15) is 11.4 Å². The van der Waals surface area contributed by atoms with Crippen molar-refractivity contribution in [2.24, 2.45) is 0 Å². The van der Waals surface area contributed by atoms with Crippen molar-refractivity contribution in [3.05, 3.63) is 71.6 Å². The monoisotopic (exact) mass is 325 g/mol. The van der Waals surface area contributed by atoms with Gasteiger partial charge in [-0.05, 0) is 36.4 Å². The van der Waals surface area contributed by atoms with Gasteiger partial charge >= 0.3 is 0 Å². The third-order valence-electron chi connectivity index (χ3n) is 3.13. The Morgan fingerprint density at radius 2 is 1.96 bits per heavy atom. The van der Waals surface area contributed by atoms with Crippen molar-refractivity contribution in [2.75, 3.05) is 5.32 Å². The minimum Gasteiger partial charge on any atom is -0.508 e. The fraction of sp³-hybridized carbons (Fsp3) is 0. The van der Waals surface area contributed by atoms with Crippen molar-refractivity contribution in [1.29, 1.82) is 0 Å². The Morgan fingerprint density at radius 1 is 1.09 bits per heavy atom. The van der Waals surface area contributed by atoms with Crippen LogP contribution < -0.4 is 5.32 Å². The van der Waals surface area contributed by atoms with Gasteiger partial charge in [-0.1, -0.05) is 17.7 Å². The van der Waals surface area contributed by atoms with Gasteiger partial charge < -0.3 is 10.4 Å². The Labute approximate surface area is 137 Å². The van der Waals surface area contributed by atoms with E-state index >= 15 is 0 Å². The zero-order valence-corrected chi connectivity index (χ0v) is 12.7. The molecular weight excluding hydrogens is 314 g/mol. The summed E-state index contributed by atoms with van der Waals surface area (Å²) in [7, 11) is 0. The van der Waals surface area contributed by atoms with Gasteiger partial charge in [-0.2, -0.15) is 0 Å². The molecule has 6 heteroatoms. The number of rotatable bonds is 3. The maximum atomic E-state index is 12.1. The molecule has 0 aliphatic rings. The molecule has 0 bridgehead atoms. The number of hydrogen-bond acceptors (Lipinski definition) is 4. The highest BCUT2D eigenvalue weighted by atomic mass is 35.5. The van der Waals surface area contributed by atoms with Crippen molar-refractivity contribution >= 4 is 23.2 Å². The van der Waals surface area contributed by atoms with E-state index < -0.39 is 0 Å². The molecule has 0 atom stereocenters. The van der Waals surface area contributed by atoms with Crippen LogP contribution in [0.3, 0.4) is 0 Å². The summed E-state index contributed by atoms with van der Waals surface area (Å²) in [6.45, 7) is 0. The molecule has 0 saturated heterocycles. The summed E-state index contributed by atoms with van der Waals surface area (Å²) in [5.74, 6) is -0.287. The first-order chi connectivity index (χ1) is 11.1. The first-order valence-corrected chi connectivity index (χ1v) is 7.18. The molecule has 2 aromatic heterocycles. The van der Waals surface area contributed by atoms with Crippen LogP contribution >= 0.6 is 11.6 Å². The maximum Gasteiger partial charge on any atom is 0.274 e. The summed E-state index contributed by atoms with van der Waals surface area (Å²) in [5.41, 5.74) is 2.09. The lowest BCUT2D eigenvalue weighted by Crippen LogP contribution is -2.13. The zero-order chi connectivity index (χ0) is 16.2. The van der Waals surface area contributed by atoms with Gasteiger partial charge in [-0.3, -0.25) is 14.8 Å². The van der Waals surface area contributed by atoms with Gasteiger partial charge in [0.2, 0.25) is 0 Å². The highest BCUT2D eigenvalue weighted by Crippen LogP contribution is 2.24. The third kappa shape index (κ3) is 3.46. The van der Waals surface area contributed by atoms with Gasteiger partial charge in [0.15, 0.2) is 0 Å². The number of hydrogen-bond donors (Lipinski definition) is 2. The molecular formula is C17H12ClN3O2. The zero-order valence-electron chi connectivity index (χ0n) is 11.9. The molecule has 1 aromatic carbocycles. The second-order valence-electron chi connectivity index (χ2n) is 4.77. The minimum absolute atomic E-state index is 0.0795. The number of phenols is 1. The second kappa shape index (κ2) is 6.46. The first kappa shape index (κ1) is 15.0. The molecule has 2 heterocycles. The van der Waals surface area contributed by atoms with Crippen molar-refractivity contribution in [1.82, 2.24) is 9.97 Å². The maximum absolute atomic E-state index is 12.1. The fourth-order valence-corrected chi connectivity index (χ4v) is 2.28. The number of carbonyl (C=O) groups excluding carboxylic acids is 1. The molecule has 0 aliphatic heterocycles. The van der Waals surface area contributed by atoms with Crippen molar-refractivity contribution in [3.63, 3.8) is 0 Å². The molecule has 23 heavy (non-hydrogen) atoms. The smallest absolute Gasteiger partial charge is 0.274 e. The number of aromatic nitrogens is 2. The summed E-state index contributed by atoms with van der Waals surface area (Å²) >= 11 is 6.09. The molecule has 114 valence electrons. The quantitative estimate of drug-likeness (QED) is 0.769. The summed E-state index contributed by atoms with van der Waals surface area (Å²) < 4.78 is 0. The molecule has 0 fully saturated rings. The van der Waals surface area contributed by atoms with Crippen LogP contribution in [0.5, 0.6) is 5.75 Å².